The fourth-order valence-corrected chi connectivity index (χ4v) is 2.31. The van der Waals surface area contributed by atoms with Gasteiger partial charge in [-0.15, -0.1) is 0 Å². The molecular formula is C18H19F3N2O. The van der Waals surface area contributed by atoms with Crippen molar-refractivity contribution in [2.24, 2.45) is 0 Å². The number of amides is 1. The summed E-state index contributed by atoms with van der Waals surface area (Å²) in [5, 5.41) is 5.78. The topological polar surface area (TPSA) is 41.1 Å². The van der Waals surface area contributed by atoms with Gasteiger partial charge in [0.05, 0.1) is 5.56 Å². The largest absolute Gasteiger partial charge is 0.416 e. The summed E-state index contributed by atoms with van der Waals surface area (Å²) < 4.78 is 37.6. The van der Waals surface area contributed by atoms with Gasteiger partial charge < -0.3 is 10.6 Å². The van der Waals surface area contributed by atoms with Crippen LogP contribution in [0.2, 0.25) is 0 Å². The molecule has 3 nitrogen and oxygen atoms in total. The highest BCUT2D eigenvalue weighted by molar-refractivity contribution is 5.95. The van der Waals surface area contributed by atoms with Crippen LogP contribution in [0.1, 0.15) is 27.0 Å². The monoisotopic (exact) mass is 336 g/mol. The Balaban J connectivity index is 2.01. The van der Waals surface area contributed by atoms with E-state index in [1.54, 1.807) is 12.1 Å². The first-order chi connectivity index (χ1) is 11.4. The van der Waals surface area contributed by atoms with Gasteiger partial charge in [0.15, 0.2) is 0 Å². The molecule has 6 heteroatoms. The number of benzene rings is 2. The van der Waals surface area contributed by atoms with Crippen molar-refractivity contribution in [3.05, 3.63) is 70.8 Å². The second-order valence-electron chi connectivity index (χ2n) is 5.39. The molecule has 1 amide bonds. The van der Waals surface area contributed by atoms with Gasteiger partial charge in [0.2, 0.25) is 0 Å². The first kappa shape index (κ1) is 18.0. The standard InChI is InChI=1S/C18H19F3N2O/c1-22-11-10-14-4-2-3-5-16(14)17(24)23-12-13-6-8-15(9-7-13)18(19,20)21/h2-9,22H,10-12H2,1H3,(H,23,24). The van der Waals surface area contributed by atoms with Crippen LogP contribution in [0.5, 0.6) is 0 Å². The third kappa shape index (κ3) is 4.83. The van der Waals surface area contributed by atoms with E-state index in [1.807, 2.05) is 19.2 Å². The Morgan fingerprint density at radius 2 is 1.71 bits per heavy atom. The second-order valence-corrected chi connectivity index (χ2v) is 5.39. The van der Waals surface area contributed by atoms with E-state index in [-0.39, 0.29) is 12.5 Å². The lowest BCUT2D eigenvalue weighted by molar-refractivity contribution is -0.137. The van der Waals surface area contributed by atoms with Gasteiger partial charge in [-0.25, -0.2) is 0 Å². The number of hydrogen-bond donors (Lipinski definition) is 2. The van der Waals surface area contributed by atoms with Gasteiger partial charge >= 0.3 is 6.18 Å². The molecular weight excluding hydrogens is 317 g/mol. The van der Waals surface area contributed by atoms with Crippen molar-refractivity contribution < 1.29 is 18.0 Å². The molecule has 0 saturated carbocycles. The van der Waals surface area contributed by atoms with Crippen LogP contribution in [-0.4, -0.2) is 19.5 Å². The van der Waals surface area contributed by atoms with Crippen LogP contribution in [0.25, 0.3) is 0 Å². The molecule has 0 unspecified atom stereocenters. The van der Waals surface area contributed by atoms with Crippen molar-refractivity contribution in [3.8, 4) is 0 Å². The lowest BCUT2D eigenvalue weighted by Crippen LogP contribution is -2.24. The van der Waals surface area contributed by atoms with E-state index in [1.165, 1.54) is 12.1 Å². The molecule has 0 aromatic heterocycles. The molecule has 2 rings (SSSR count). The first-order valence-electron chi connectivity index (χ1n) is 7.58. The summed E-state index contributed by atoms with van der Waals surface area (Å²) in [4.78, 5) is 12.3. The highest BCUT2D eigenvalue weighted by Crippen LogP contribution is 2.29. The van der Waals surface area contributed by atoms with Crippen LogP contribution in [0.3, 0.4) is 0 Å². The maximum atomic E-state index is 12.5. The Labute approximate surface area is 138 Å². The fraction of sp³-hybridized carbons (Fsp3) is 0.278. The fourth-order valence-electron chi connectivity index (χ4n) is 2.31. The van der Waals surface area contributed by atoms with E-state index < -0.39 is 11.7 Å². The average Bonchev–Trinajstić information content (AvgIpc) is 2.57. The second kappa shape index (κ2) is 7.97. The quantitative estimate of drug-likeness (QED) is 0.849. The van der Waals surface area contributed by atoms with E-state index in [0.717, 1.165) is 30.7 Å². The normalized spacial score (nSPS) is 11.3. The van der Waals surface area contributed by atoms with Gasteiger partial charge in [0.25, 0.3) is 5.91 Å². The lowest BCUT2D eigenvalue weighted by atomic mass is 10.0. The van der Waals surface area contributed by atoms with E-state index in [9.17, 15) is 18.0 Å². The number of carbonyl (C=O) groups excluding carboxylic acids is 1. The maximum Gasteiger partial charge on any atom is 0.416 e. The molecule has 0 atom stereocenters. The summed E-state index contributed by atoms with van der Waals surface area (Å²) >= 11 is 0. The van der Waals surface area contributed by atoms with Crippen LogP contribution >= 0.6 is 0 Å². The van der Waals surface area contributed by atoms with Crippen molar-refractivity contribution in [1.29, 1.82) is 0 Å². The third-order valence-electron chi connectivity index (χ3n) is 3.64. The molecule has 0 saturated heterocycles. The zero-order valence-electron chi connectivity index (χ0n) is 13.3. The van der Waals surface area contributed by atoms with Gasteiger partial charge in [-0.2, -0.15) is 13.2 Å². The van der Waals surface area contributed by atoms with Crippen LogP contribution < -0.4 is 10.6 Å². The van der Waals surface area contributed by atoms with Crippen LogP contribution in [-0.2, 0) is 19.1 Å². The molecule has 0 aliphatic rings. The minimum atomic E-state index is -4.35. The number of hydrogen-bond acceptors (Lipinski definition) is 2. The molecule has 2 aromatic carbocycles. The number of halogens is 3. The summed E-state index contributed by atoms with van der Waals surface area (Å²) in [6.07, 6.45) is -3.63. The molecule has 2 N–H and O–H groups in total. The molecule has 24 heavy (non-hydrogen) atoms. The minimum Gasteiger partial charge on any atom is -0.348 e. The Bertz CT molecular complexity index is 681. The number of likely N-dealkylation sites (N-methyl/N-ethyl adjacent to an activating group) is 1. The molecule has 0 spiro atoms. The molecule has 0 heterocycles. The molecule has 2 aromatic rings. The maximum absolute atomic E-state index is 12.5. The first-order valence-corrected chi connectivity index (χ1v) is 7.58. The highest BCUT2D eigenvalue weighted by atomic mass is 19.4. The summed E-state index contributed by atoms with van der Waals surface area (Å²) in [7, 11) is 1.84. The average molecular weight is 336 g/mol. The van der Waals surface area contributed by atoms with Gasteiger partial charge in [0.1, 0.15) is 0 Å². The zero-order chi connectivity index (χ0) is 17.6. The lowest BCUT2D eigenvalue weighted by Gasteiger charge is -2.11. The minimum absolute atomic E-state index is 0.178. The predicted octanol–water partition coefficient (Wildman–Crippen LogP) is 3.40. The van der Waals surface area contributed by atoms with Gasteiger partial charge in [-0.3, -0.25) is 4.79 Å². The molecule has 0 fully saturated rings. The summed E-state index contributed by atoms with van der Waals surface area (Å²) in [6.45, 7) is 0.931. The van der Waals surface area contributed by atoms with E-state index >= 15 is 0 Å². The van der Waals surface area contributed by atoms with Crippen molar-refractivity contribution in [2.45, 2.75) is 19.1 Å². The Kier molecular flexibility index (Phi) is 5.98. The number of rotatable bonds is 6. The Morgan fingerprint density at radius 3 is 2.33 bits per heavy atom. The third-order valence-corrected chi connectivity index (χ3v) is 3.64. The van der Waals surface area contributed by atoms with Crippen molar-refractivity contribution in [3.63, 3.8) is 0 Å². The zero-order valence-corrected chi connectivity index (χ0v) is 13.3. The molecule has 128 valence electrons. The summed E-state index contributed by atoms with van der Waals surface area (Å²) in [5.41, 5.74) is 1.43. The van der Waals surface area contributed by atoms with E-state index in [0.29, 0.717) is 11.1 Å². The summed E-state index contributed by atoms with van der Waals surface area (Å²) in [6, 6.07) is 12.1. The highest BCUT2D eigenvalue weighted by Gasteiger charge is 2.29. The Morgan fingerprint density at radius 1 is 1.04 bits per heavy atom. The van der Waals surface area contributed by atoms with E-state index in [4.69, 9.17) is 0 Å². The van der Waals surface area contributed by atoms with Crippen molar-refractivity contribution in [1.82, 2.24) is 10.6 Å². The molecule has 0 aliphatic heterocycles. The molecule has 0 bridgehead atoms. The Hall–Kier alpha value is -2.34. The van der Waals surface area contributed by atoms with E-state index in [2.05, 4.69) is 10.6 Å². The number of nitrogens with one attached hydrogen (secondary N) is 2. The van der Waals surface area contributed by atoms with Gasteiger partial charge in [-0.05, 0) is 49.3 Å². The van der Waals surface area contributed by atoms with Crippen molar-refractivity contribution in [2.75, 3.05) is 13.6 Å². The van der Waals surface area contributed by atoms with Crippen LogP contribution in [0, 0.1) is 0 Å². The SMILES string of the molecule is CNCCc1ccccc1C(=O)NCc1ccc(C(F)(F)F)cc1. The predicted molar refractivity (Wildman–Crippen MR) is 86.7 cm³/mol. The van der Waals surface area contributed by atoms with Gasteiger partial charge in [0, 0.05) is 12.1 Å². The molecule has 0 radical (unpaired) electrons. The summed E-state index contributed by atoms with van der Waals surface area (Å²) in [5.74, 6) is -0.235. The van der Waals surface area contributed by atoms with Crippen LogP contribution in [0.4, 0.5) is 13.2 Å². The van der Waals surface area contributed by atoms with Crippen LogP contribution in [0.15, 0.2) is 48.5 Å². The van der Waals surface area contributed by atoms with Gasteiger partial charge in [-0.1, -0.05) is 30.3 Å². The smallest absolute Gasteiger partial charge is 0.348 e. The molecule has 0 aliphatic carbocycles. The number of carbonyl (C=O) groups is 1. The van der Waals surface area contributed by atoms with Crippen molar-refractivity contribution >= 4 is 5.91 Å². The number of alkyl halides is 3.